The molecule has 98 valence electrons. The lowest BCUT2D eigenvalue weighted by Crippen LogP contribution is -2.12. The van der Waals surface area contributed by atoms with E-state index in [0.29, 0.717) is 11.3 Å². The highest BCUT2D eigenvalue weighted by Crippen LogP contribution is 2.33. The molecule has 2 aromatic carbocycles. The van der Waals surface area contributed by atoms with Gasteiger partial charge in [-0.15, -0.1) is 0 Å². The molecule has 2 rings (SSSR count). The van der Waals surface area contributed by atoms with Crippen LogP contribution in [0.5, 0.6) is 11.5 Å². The maximum absolute atomic E-state index is 11.9. The number of hydrogen-bond donors (Lipinski definition) is 5. The summed E-state index contributed by atoms with van der Waals surface area (Å²) in [5.41, 5.74) is 11.9. The fourth-order valence-electron chi connectivity index (χ4n) is 1.57. The number of phenolic OH excluding ortho intramolecular Hbond substituents is 2. The fourth-order valence-corrected chi connectivity index (χ4v) is 1.57. The molecular formula is C13H13N3O3. The number of nitrogens with two attached hydrogens (primary N) is 2. The Balaban J connectivity index is 2.27. The van der Waals surface area contributed by atoms with Gasteiger partial charge in [-0.2, -0.15) is 0 Å². The average Bonchev–Trinajstić information content (AvgIpc) is 2.36. The molecule has 0 aliphatic heterocycles. The molecule has 0 aliphatic carbocycles. The Morgan fingerprint density at radius 1 is 1.05 bits per heavy atom. The van der Waals surface area contributed by atoms with Crippen LogP contribution in [-0.2, 0) is 0 Å². The Morgan fingerprint density at radius 3 is 2.47 bits per heavy atom. The van der Waals surface area contributed by atoms with Crippen molar-refractivity contribution in [1.29, 1.82) is 0 Å². The van der Waals surface area contributed by atoms with Gasteiger partial charge in [-0.05, 0) is 18.2 Å². The van der Waals surface area contributed by atoms with Gasteiger partial charge in [0.15, 0.2) is 0 Å². The van der Waals surface area contributed by atoms with Crippen molar-refractivity contribution in [2.24, 2.45) is 0 Å². The van der Waals surface area contributed by atoms with Gasteiger partial charge in [-0.1, -0.05) is 6.07 Å². The molecule has 7 N–H and O–H groups in total. The van der Waals surface area contributed by atoms with E-state index in [1.165, 1.54) is 12.1 Å². The van der Waals surface area contributed by atoms with Crippen molar-refractivity contribution in [3.63, 3.8) is 0 Å². The maximum Gasteiger partial charge on any atom is 0.255 e. The zero-order valence-corrected chi connectivity index (χ0v) is 9.92. The van der Waals surface area contributed by atoms with Crippen molar-refractivity contribution in [3.05, 3.63) is 42.0 Å². The first kappa shape index (κ1) is 12.6. The monoisotopic (exact) mass is 259 g/mol. The lowest BCUT2D eigenvalue weighted by molar-refractivity contribution is 0.102. The van der Waals surface area contributed by atoms with Gasteiger partial charge in [0, 0.05) is 23.4 Å². The number of carbonyl (C=O) groups excluding carboxylic acids is 1. The topological polar surface area (TPSA) is 122 Å². The van der Waals surface area contributed by atoms with Crippen LogP contribution in [0.15, 0.2) is 36.4 Å². The predicted octanol–water partition coefficient (Wildman–Crippen LogP) is 1.51. The number of nitrogen functional groups attached to an aromatic ring is 2. The van der Waals surface area contributed by atoms with Crippen molar-refractivity contribution in [2.45, 2.75) is 0 Å². The van der Waals surface area contributed by atoms with Crippen molar-refractivity contribution in [3.8, 4) is 11.5 Å². The van der Waals surface area contributed by atoms with E-state index in [0.717, 1.165) is 6.07 Å². The summed E-state index contributed by atoms with van der Waals surface area (Å²) >= 11 is 0. The lowest BCUT2D eigenvalue weighted by Gasteiger charge is -2.09. The number of rotatable bonds is 2. The first-order chi connectivity index (χ1) is 8.97. The van der Waals surface area contributed by atoms with Crippen molar-refractivity contribution < 1.29 is 15.0 Å². The molecule has 19 heavy (non-hydrogen) atoms. The van der Waals surface area contributed by atoms with E-state index in [-0.39, 0.29) is 22.9 Å². The fraction of sp³-hybridized carbons (Fsp3) is 0. The van der Waals surface area contributed by atoms with E-state index in [1.807, 2.05) is 0 Å². The minimum atomic E-state index is -0.452. The van der Waals surface area contributed by atoms with Crippen molar-refractivity contribution >= 4 is 23.0 Å². The molecule has 6 nitrogen and oxygen atoms in total. The van der Waals surface area contributed by atoms with Crippen LogP contribution in [0.3, 0.4) is 0 Å². The number of aromatic hydroxyl groups is 2. The molecular weight excluding hydrogens is 246 g/mol. The first-order valence-electron chi connectivity index (χ1n) is 5.45. The third-order valence-electron chi connectivity index (χ3n) is 2.54. The van der Waals surface area contributed by atoms with Crippen molar-refractivity contribution in [1.82, 2.24) is 0 Å². The van der Waals surface area contributed by atoms with Gasteiger partial charge < -0.3 is 27.0 Å². The zero-order chi connectivity index (χ0) is 14.0. The molecule has 0 aromatic heterocycles. The zero-order valence-electron chi connectivity index (χ0n) is 9.92. The molecule has 0 spiro atoms. The summed E-state index contributed by atoms with van der Waals surface area (Å²) in [6, 6.07) is 8.72. The summed E-state index contributed by atoms with van der Waals surface area (Å²) in [7, 11) is 0. The van der Waals surface area contributed by atoms with E-state index in [1.54, 1.807) is 18.2 Å². The maximum atomic E-state index is 11.9. The standard InChI is InChI=1S/C13H13N3O3/c14-8-3-1-2-7(4-8)13(19)16-10-6-11(17)9(15)5-12(10)18/h1-6,17-18H,14-15H2,(H,16,19). The van der Waals surface area contributed by atoms with Crippen molar-refractivity contribution in [2.75, 3.05) is 16.8 Å². The van der Waals surface area contributed by atoms with Gasteiger partial charge in [0.05, 0.1) is 11.4 Å². The van der Waals surface area contributed by atoms with Crippen LogP contribution in [-0.4, -0.2) is 16.1 Å². The second kappa shape index (κ2) is 4.77. The summed E-state index contributed by atoms with van der Waals surface area (Å²) in [6.07, 6.45) is 0. The highest BCUT2D eigenvalue weighted by Gasteiger charge is 2.11. The molecule has 0 fully saturated rings. The molecule has 0 heterocycles. The molecule has 6 heteroatoms. The van der Waals surface area contributed by atoms with Crippen LogP contribution in [0.2, 0.25) is 0 Å². The Kier molecular flexibility index (Phi) is 3.15. The number of nitrogens with one attached hydrogen (secondary N) is 1. The average molecular weight is 259 g/mol. The molecule has 0 aliphatic rings. The minimum absolute atomic E-state index is 0.0273. The highest BCUT2D eigenvalue weighted by molar-refractivity contribution is 6.05. The second-order valence-corrected chi connectivity index (χ2v) is 4.01. The summed E-state index contributed by atoms with van der Waals surface area (Å²) < 4.78 is 0. The van der Waals surface area contributed by atoms with Gasteiger partial charge in [0.25, 0.3) is 5.91 Å². The van der Waals surface area contributed by atoms with Gasteiger partial charge in [0.2, 0.25) is 0 Å². The van der Waals surface area contributed by atoms with E-state index < -0.39 is 5.91 Å². The Labute approximate surface area is 109 Å². The smallest absolute Gasteiger partial charge is 0.255 e. The molecule has 1 amide bonds. The third kappa shape index (κ3) is 2.68. The highest BCUT2D eigenvalue weighted by atomic mass is 16.3. The molecule has 0 bridgehead atoms. The Bertz CT molecular complexity index is 641. The van der Waals surface area contributed by atoms with Crippen LogP contribution in [0.1, 0.15) is 10.4 Å². The Morgan fingerprint density at radius 2 is 1.79 bits per heavy atom. The van der Waals surface area contributed by atoms with Gasteiger partial charge in [-0.25, -0.2) is 0 Å². The van der Waals surface area contributed by atoms with Crippen LogP contribution in [0.4, 0.5) is 17.1 Å². The number of phenols is 2. The second-order valence-electron chi connectivity index (χ2n) is 4.01. The normalized spacial score (nSPS) is 10.1. The largest absolute Gasteiger partial charge is 0.506 e. The van der Waals surface area contributed by atoms with Gasteiger partial charge in [0.1, 0.15) is 11.5 Å². The molecule has 0 unspecified atom stereocenters. The van der Waals surface area contributed by atoms with Crippen LogP contribution in [0, 0.1) is 0 Å². The van der Waals surface area contributed by atoms with E-state index in [4.69, 9.17) is 11.5 Å². The van der Waals surface area contributed by atoms with Gasteiger partial charge >= 0.3 is 0 Å². The number of benzene rings is 2. The minimum Gasteiger partial charge on any atom is -0.506 e. The van der Waals surface area contributed by atoms with Crippen LogP contribution < -0.4 is 16.8 Å². The summed E-state index contributed by atoms with van der Waals surface area (Å²) in [5, 5.41) is 21.5. The molecule has 0 atom stereocenters. The quantitative estimate of drug-likeness (QED) is 0.318. The summed E-state index contributed by atoms with van der Waals surface area (Å²) in [6.45, 7) is 0. The number of anilines is 3. The van der Waals surface area contributed by atoms with E-state index >= 15 is 0 Å². The Hall–Kier alpha value is -2.89. The lowest BCUT2D eigenvalue weighted by atomic mass is 10.1. The van der Waals surface area contributed by atoms with Crippen LogP contribution >= 0.6 is 0 Å². The number of carbonyl (C=O) groups is 1. The molecule has 0 radical (unpaired) electrons. The van der Waals surface area contributed by atoms with Gasteiger partial charge in [-0.3, -0.25) is 4.79 Å². The molecule has 0 saturated carbocycles. The van der Waals surface area contributed by atoms with E-state index in [2.05, 4.69) is 5.32 Å². The van der Waals surface area contributed by atoms with E-state index in [9.17, 15) is 15.0 Å². The molecule has 2 aromatic rings. The summed E-state index contributed by atoms with van der Waals surface area (Å²) in [4.78, 5) is 11.9. The number of amides is 1. The molecule has 0 saturated heterocycles. The third-order valence-corrected chi connectivity index (χ3v) is 2.54. The SMILES string of the molecule is Nc1cccc(C(=O)Nc2cc(O)c(N)cc2O)c1. The van der Waals surface area contributed by atoms with Crippen LogP contribution in [0.25, 0.3) is 0 Å². The number of hydrogen-bond acceptors (Lipinski definition) is 5. The summed E-state index contributed by atoms with van der Waals surface area (Å²) in [5.74, 6) is -0.903. The predicted molar refractivity (Wildman–Crippen MR) is 73.0 cm³/mol. The first-order valence-corrected chi connectivity index (χ1v) is 5.45.